The summed E-state index contributed by atoms with van der Waals surface area (Å²) in [6.07, 6.45) is 1.81. The van der Waals surface area contributed by atoms with E-state index >= 15 is 0 Å². The van der Waals surface area contributed by atoms with Crippen LogP contribution in [0.3, 0.4) is 0 Å². The van der Waals surface area contributed by atoms with Gasteiger partial charge in [-0.2, -0.15) is 5.10 Å². The summed E-state index contributed by atoms with van der Waals surface area (Å²) in [6, 6.07) is 8.66. The number of hydrogen-bond donors (Lipinski definition) is 2. The number of benzene rings is 1. The van der Waals surface area contributed by atoms with Gasteiger partial charge in [0.1, 0.15) is 0 Å². The van der Waals surface area contributed by atoms with Gasteiger partial charge in [0.05, 0.1) is 6.21 Å². The van der Waals surface area contributed by atoms with Gasteiger partial charge in [0, 0.05) is 29.2 Å². The fourth-order valence-electron chi connectivity index (χ4n) is 2.71. The molecule has 0 atom stereocenters. The van der Waals surface area contributed by atoms with Crippen LogP contribution in [0.4, 0.5) is 0 Å². The van der Waals surface area contributed by atoms with Gasteiger partial charge < -0.3 is 9.88 Å². The Kier molecular flexibility index (Phi) is 5.55. The van der Waals surface area contributed by atoms with Crippen molar-refractivity contribution in [2.45, 2.75) is 34.6 Å². The minimum atomic E-state index is 0.534. The normalized spacial score (nSPS) is 11.0. The van der Waals surface area contributed by atoms with Crippen molar-refractivity contribution < 1.29 is 0 Å². The van der Waals surface area contributed by atoms with Crippen LogP contribution in [0.2, 0.25) is 0 Å². The quantitative estimate of drug-likeness (QED) is 0.512. The predicted molar refractivity (Wildman–Crippen MR) is 102 cm³/mol. The van der Waals surface area contributed by atoms with Crippen LogP contribution in [0.5, 0.6) is 0 Å². The SMILES string of the molecule is CCNC(=S)NN=Cc1cc(C)n(-c2ccc(C)cc2C)c1C. The van der Waals surface area contributed by atoms with Crippen molar-refractivity contribution in [1.29, 1.82) is 0 Å². The first-order valence-corrected chi connectivity index (χ1v) is 8.18. The van der Waals surface area contributed by atoms with Crippen molar-refractivity contribution in [2.75, 3.05) is 6.54 Å². The Hall–Kier alpha value is -2.14. The van der Waals surface area contributed by atoms with Crippen LogP contribution >= 0.6 is 12.2 Å². The molecule has 0 unspecified atom stereocenters. The fourth-order valence-corrected chi connectivity index (χ4v) is 2.90. The summed E-state index contributed by atoms with van der Waals surface area (Å²) in [6.45, 7) is 11.3. The van der Waals surface area contributed by atoms with Crippen LogP contribution in [0.15, 0.2) is 29.4 Å². The Morgan fingerprint density at radius 2 is 1.96 bits per heavy atom. The van der Waals surface area contributed by atoms with E-state index in [0.29, 0.717) is 5.11 Å². The molecule has 0 amide bonds. The van der Waals surface area contributed by atoms with Crippen LogP contribution in [-0.4, -0.2) is 22.4 Å². The van der Waals surface area contributed by atoms with Crippen molar-refractivity contribution in [3.8, 4) is 5.69 Å². The zero-order valence-electron chi connectivity index (χ0n) is 14.4. The van der Waals surface area contributed by atoms with Crippen molar-refractivity contribution in [3.63, 3.8) is 0 Å². The minimum Gasteiger partial charge on any atom is -0.362 e. The maximum absolute atomic E-state index is 5.10. The first-order chi connectivity index (χ1) is 10.9. The summed E-state index contributed by atoms with van der Waals surface area (Å²) in [5, 5.41) is 7.75. The topological polar surface area (TPSA) is 41.4 Å². The van der Waals surface area contributed by atoms with Gasteiger partial charge in [-0.3, -0.25) is 5.43 Å². The van der Waals surface area contributed by atoms with E-state index < -0.39 is 0 Å². The Bertz CT molecular complexity index is 744. The first-order valence-electron chi connectivity index (χ1n) is 7.77. The van der Waals surface area contributed by atoms with E-state index in [9.17, 15) is 0 Å². The fraction of sp³-hybridized carbons (Fsp3) is 0.333. The van der Waals surface area contributed by atoms with Crippen molar-refractivity contribution in [1.82, 2.24) is 15.3 Å². The number of nitrogens with one attached hydrogen (secondary N) is 2. The Labute approximate surface area is 143 Å². The molecule has 1 heterocycles. The summed E-state index contributed by atoms with van der Waals surface area (Å²) in [4.78, 5) is 0. The zero-order valence-corrected chi connectivity index (χ0v) is 15.2. The Morgan fingerprint density at radius 1 is 1.22 bits per heavy atom. The third kappa shape index (κ3) is 3.99. The minimum absolute atomic E-state index is 0.534. The van der Waals surface area contributed by atoms with Crippen molar-refractivity contribution in [2.24, 2.45) is 5.10 Å². The summed E-state index contributed by atoms with van der Waals surface area (Å²) >= 11 is 5.10. The van der Waals surface area contributed by atoms with Crippen LogP contribution in [-0.2, 0) is 0 Å². The van der Waals surface area contributed by atoms with Crippen molar-refractivity contribution in [3.05, 3.63) is 52.3 Å². The summed E-state index contributed by atoms with van der Waals surface area (Å²) in [5.41, 5.74) is 10.0. The lowest BCUT2D eigenvalue weighted by molar-refractivity contribution is 0.903. The van der Waals surface area contributed by atoms with E-state index in [1.165, 1.54) is 22.5 Å². The van der Waals surface area contributed by atoms with Gasteiger partial charge in [0.15, 0.2) is 5.11 Å². The molecule has 1 aromatic carbocycles. The molecule has 0 fully saturated rings. The highest BCUT2D eigenvalue weighted by Gasteiger charge is 2.11. The summed E-state index contributed by atoms with van der Waals surface area (Å²) in [5.74, 6) is 0. The third-order valence-corrected chi connectivity index (χ3v) is 4.01. The van der Waals surface area contributed by atoms with Gasteiger partial charge >= 0.3 is 0 Å². The lowest BCUT2D eigenvalue weighted by atomic mass is 10.1. The molecule has 0 radical (unpaired) electrons. The highest BCUT2D eigenvalue weighted by Crippen LogP contribution is 2.23. The molecule has 0 aliphatic carbocycles. The number of rotatable bonds is 4. The largest absolute Gasteiger partial charge is 0.362 e. The van der Waals surface area contributed by atoms with Gasteiger partial charge in [-0.05, 0) is 64.5 Å². The highest BCUT2D eigenvalue weighted by atomic mass is 32.1. The number of nitrogens with zero attached hydrogens (tertiary/aromatic N) is 2. The molecule has 0 aliphatic rings. The second kappa shape index (κ2) is 7.42. The van der Waals surface area contributed by atoms with E-state index in [1.807, 2.05) is 13.1 Å². The number of thiocarbonyl (C=S) groups is 1. The zero-order chi connectivity index (χ0) is 17.0. The molecule has 5 heteroatoms. The average Bonchev–Trinajstić information content (AvgIpc) is 2.75. The predicted octanol–water partition coefficient (Wildman–Crippen LogP) is 3.53. The molecule has 0 aliphatic heterocycles. The molecule has 0 saturated heterocycles. The van der Waals surface area contributed by atoms with Gasteiger partial charge in [0.2, 0.25) is 0 Å². The maximum atomic E-state index is 5.10. The Balaban J connectivity index is 2.29. The number of aryl methyl sites for hydroxylation is 3. The number of hydrazone groups is 1. The van der Waals surface area contributed by atoms with E-state index in [2.05, 4.69) is 72.4 Å². The molecular weight excluding hydrogens is 304 g/mol. The highest BCUT2D eigenvalue weighted by molar-refractivity contribution is 7.80. The van der Waals surface area contributed by atoms with Crippen LogP contribution in [0, 0.1) is 27.7 Å². The lowest BCUT2D eigenvalue weighted by Gasteiger charge is -2.13. The van der Waals surface area contributed by atoms with Crippen molar-refractivity contribution >= 4 is 23.5 Å². The van der Waals surface area contributed by atoms with Gasteiger partial charge in [-0.1, -0.05) is 17.7 Å². The molecule has 4 nitrogen and oxygen atoms in total. The average molecular weight is 328 g/mol. The third-order valence-electron chi connectivity index (χ3n) is 3.77. The molecular formula is C18H24N4S. The summed E-state index contributed by atoms with van der Waals surface area (Å²) in [7, 11) is 0. The first kappa shape index (κ1) is 17.2. The Morgan fingerprint density at radius 3 is 2.61 bits per heavy atom. The van der Waals surface area contributed by atoms with Crippen LogP contribution in [0.1, 0.15) is 35.0 Å². The van der Waals surface area contributed by atoms with E-state index in [1.54, 1.807) is 0 Å². The lowest BCUT2D eigenvalue weighted by Crippen LogP contribution is -2.31. The molecule has 2 N–H and O–H groups in total. The second-order valence-corrected chi connectivity index (χ2v) is 6.09. The molecule has 2 rings (SSSR count). The molecule has 122 valence electrons. The standard InChI is InChI=1S/C18H24N4S/c1-6-19-18(23)21-20-11-16-10-14(4)22(15(16)5)17-8-7-12(2)9-13(17)3/h7-11H,6H2,1-5H3,(H2,19,21,23). The van der Waals surface area contributed by atoms with Crippen LogP contribution < -0.4 is 10.7 Å². The molecule has 23 heavy (non-hydrogen) atoms. The summed E-state index contributed by atoms with van der Waals surface area (Å²) < 4.78 is 2.26. The molecule has 0 bridgehead atoms. The number of hydrogen-bond acceptors (Lipinski definition) is 2. The molecule has 0 spiro atoms. The smallest absolute Gasteiger partial charge is 0.186 e. The van der Waals surface area contributed by atoms with Gasteiger partial charge in [-0.15, -0.1) is 0 Å². The van der Waals surface area contributed by atoms with E-state index in [-0.39, 0.29) is 0 Å². The van der Waals surface area contributed by atoms with Gasteiger partial charge in [0.25, 0.3) is 0 Å². The molecule has 2 aromatic rings. The molecule has 1 aromatic heterocycles. The van der Waals surface area contributed by atoms with E-state index in [0.717, 1.165) is 17.8 Å². The maximum Gasteiger partial charge on any atom is 0.186 e. The second-order valence-electron chi connectivity index (χ2n) is 5.68. The van der Waals surface area contributed by atoms with Crippen LogP contribution in [0.25, 0.3) is 5.69 Å². The monoisotopic (exact) mass is 328 g/mol. The van der Waals surface area contributed by atoms with Gasteiger partial charge in [-0.25, -0.2) is 0 Å². The molecule has 0 saturated carbocycles. The number of aromatic nitrogens is 1. The van der Waals surface area contributed by atoms with E-state index in [4.69, 9.17) is 12.2 Å².